The Morgan fingerprint density at radius 2 is 1.94 bits per heavy atom. The van der Waals surface area contributed by atoms with Gasteiger partial charge in [0, 0.05) is 18.2 Å². The van der Waals surface area contributed by atoms with Crippen LogP contribution in [-0.4, -0.2) is 65.3 Å². The molecule has 4 rings (SSSR count). The van der Waals surface area contributed by atoms with Crippen LogP contribution in [0.1, 0.15) is 52.3 Å². The Kier molecular flexibility index (Phi) is 8.17. The number of carbonyl (C=O) groups is 1. The maximum Gasteiger partial charge on any atom is 0.261 e. The predicted octanol–water partition coefficient (Wildman–Crippen LogP) is 2.93. The lowest BCUT2D eigenvalue weighted by Crippen LogP contribution is -2.50. The number of nitrogens with one attached hydrogen (secondary N) is 1. The number of benzene rings is 1. The zero-order valence-corrected chi connectivity index (χ0v) is 21.7. The van der Waals surface area contributed by atoms with Crippen molar-refractivity contribution in [2.45, 2.75) is 64.0 Å². The molecule has 36 heavy (non-hydrogen) atoms. The van der Waals surface area contributed by atoms with Crippen molar-refractivity contribution in [3.63, 3.8) is 0 Å². The van der Waals surface area contributed by atoms with Gasteiger partial charge >= 0.3 is 0 Å². The van der Waals surface area contributed by atoms with E-state index in [1.54, 1.807) is 17.0 Å². The number of rotatable bonds is 5. The van der Waals surface area contributed by atoms with Crippen LogP contribution >= 0.6 is 0 Å². The van der Waals surface area contributed by atoms with Crippen LogP contribution in [0, 0.1) is 22.6 Å². The Morgan fingerprint density at radius 1 is 1.31 bits per heavy atom. The van der Waals surface area contributed by atoms with Gasteiger partial charge in [-0.2, -0.15) is 18.7 Å². The SMILES string of the molecule is CC1(C)[C@@H](NCC(=O)N2CCC[C@H]2C#N)CC[C@@]1(C)c1nc(-c2ccc(F)cc2)no1.CS(=O)(=O)O. The van der Waals surface area contributed by atoms with Gasteiger partial charge in [-0.3, -0.25) is 9.35 Å². The van der Waals surface area contributed by atoms with Gasteiger partial charge in [0.05, 0.1) is 24.3 Å². The highest BCUT2D eigenvalue weighted by atomic mass is 32.2. The Morgan fingerprint density at radius 3 is 2.56 bits per heavy atom. The maximum atomic E-state index is 13.2. The molecule has 1 saturated heterocycles. The number of hydrogen-bond donors (Lipinski definition) is 2. The van der Waals surface area contributed by atoms with Gasteiger partial charge in [-0.1, -0.05) is 25.9 Å². The van der Waals surface area contributed by atoms with E-state index < -0.39 is 10.1 Å². The highest BCUT2D eigenvalue weighted by Crippen LogP contribution is 2.53. The summed E-state index contributed by atoms with van der Waals surface area (Å²) in [6.45, 7) is 7.28. The minimum Gasteiger partial charge on any atom is -0.338 e. The number of amides is 1. The van der Waals surface area contributed by atoms with Crippen LogP contribution in [0.25, 0.3) is 11.4 Å². The molecule has 1 aliphatic carbocycles. The van der Waals surface area contributed by atoms with Gasteiger partial charge in [-0.25, -0.2) is 4.39 Å². The van der Waals surface area contributed by atoms with Crippen molar-refractivity contribution in [2.24, 2.45) is 5.41 Å². The lowest BCUT2D eigenvalue weighted by atomic mass is 9.67. The van der Waals surface area contributed by atoms with Gasteiger partial charge in [0.2, 0.25) is 17.6 Å². The fourth-order valence-corrected chi connectivity index (χ4v) is 4.92. The van der Waals surface area contributed by atoms with E-state index in [1.807, 2.05) is 0 Å². The molecule has 2 fully saturated rings. The first-order valence-corrected chi connectivity index (χ1v) is 13.6. The van der Waals surface area contributed by atoms with Crippen LogP contribution in [0.4, 0.5) is 4.39 Å². The van der Waals surface area contributed by atoms with E-state index in [9.17, 15) is 22.9 Å². The number of nitrogens with zero attached hydrogens (tertiary/aromatic N) is 4. The summed E-state index contributed by atoms with van der Waals surface area (Å²) in [6, 6.07) is 8.02. The molecule has 1 amide bonds. The number of carbonyl (C=O) groups excluding carboxylic acids is 1. The van der Waals surface area contributed by atoms with E-state index in [0.29, 0.717) is 30.1 Å². The van der Waals surface area contributed by atoms with Crippen LogP contribution in [0.5, 0.6) is 0 Å². The predicted molar refractivity (Wildman–Crippen MR) is 130 cm³/mol. The summed E-state index contributed by atoms with van der Waals surface area (Å²) in [7, 11) is -3.67. The van der Waals surface area contributed by atoms with E-state index in [-0.39, 0.29) is 41.2 Å². The molecule has 1 aromatic heterocycles. The standard InChI is InChI=1S/C23H28FN5O2.CH4O3S/c1-22(2)18(26-14-19(30)29-12-4-5-17(29)13-25)10-11-23(22,3)21-27-20(28-31-21)15-6-8-16(24)9-7-15;1-5(2,3)4/h6-9,17-18,26H,4-5,10-12,14H2,1-3H3;1H3,(H,2,3,4)/t17-,18-,23-;/m0./s1. The lowest BCUT2D eigenvalue weighted by molar-refractivity contribution is -0.130. The molecule has 2 heterocycles. The fourth-order valence-electron chi connectivity index (χ4n) is 4.92. The lowest BCUT2D eigenvalue weighted by Gasteiger charge is -2.39. The van der Waals surface area contributed by atoms with E-state index in [0.717, 1.165) is 25.7 Å². The van der Waals surface area contributed by atoms with Crippen LogP contribution in [-0.2, 0) is 20.3 Å². The molecule has 1 aliphatic heterocycles. The minimum atomic E-state index is -3.67. The van der Waals surface area contributed by atoms with Gasteiger partial charge in [-0.05, 0) is 55.4 Å². The van der Waals surface area contributed by atoms with E-state index in [2.05, 4.69) is 42.3 Å². The molecule has 12 heteroatoms. The minimum absolute atomic E-state index is 0.0233. The Labute approximate surface area is 210 Å². The smallest absolute Gasteiger partial charge is 0.261 e. The summed E-state index contributed by atoms with van der Waals surface area (Å²) in [5.74, 6) is 0.659. The molecule has 3 atom stereocenters. The highest BCUT2D eigenvalue weighted by Gasteiger charge is 2.55. The maximum absolute atomic E-state index is 13.2. The molecule has 1 saturated carbocycles. The van der Waals surface area contributed by atoms with Gasteiger partial charge in [0.25, 0.3) is 10.1 Å². The van der Waals surface area contributed by atoms with Crippen molar-refractivity contribution in [1.29, 1.82) is 5.26 Å². The molecule has 0 radical (unpaired) electrons. The molecular weight excluding hydrogens is 489 g/mol. The average Bonchev–Trinajstić information content (AvgIpc) is 3.51. The van der Waals surface area contributed by atoms with Crippen molar-refractivity contribution >= 4 is 16.0 Å². The number of halogens is 1. The Bertz CT molecular complexity index is 1220. The second-order valence-electron chi connectivity index (χ2n) is 10.1. The van der Waals surface area contributed by atoms with Crippen molar-refractivity contribution in [1.82, 2.24) is 20.4 Å². The third kappa shape index (κ3) is 6.08. The van der Waals surface area contributed by atoms with Gasteiger partial charge < -0.3 is 14.7 Å². The number of aromatic nitrogens is 2. The first kappa shape index (κ1) is 27.7. The van der Waals surface area contributed by atoms with E-state index in [4.69, 9.17) is 9.08 Å². The molecule has 0 unspecified atom stereocenters. The Hall–Kier alpha value is -2.88. The van der Waals surface area contributed by atoms with E-state index in [1.165, 1.54) is 12.1 Å². The summed E-state index contributed by atoms with van der Waals surface area (Å²) < 4.78 is 44.7. The highest BCUT2D eigenvalue weighted by molar-refractivity contribution is 7.85. The summed E-state index contributed by atoms with van der Waals surface area (Å²) in [5, 5.41) is 16.8. The van der Waals surface area contributed by atoms with Crippen molar-refractivity contribution in [2.75, 3.05) is 19.3 Å². The summed E-state index contributed by atoms with van der Waals surface area (Å²) in [4.78, 5) is 19.0. The van der Waals surface area contributed by atoms with Crippen LogP contribution in [0.3, 0.4) is 0 Å². The summed E-state index contributed by atoms with van der Waals surface area (Å²) >= 11 is 0. The fraction of sp³-hybridized carbons (Fsp3) is 0.583. The summed E-state index contributed by atoms with van der Waals surface area (Å²) in [6.07, 6.45) is 4.05. The third-order valence-corrected chi connectivity index (χ3v) is 7.45. The molecule has 0 spiro atoms. The van der Waals surface area contributed by atoms with Crippen molar-refractivity contribution in [3.05, 3.63) is 36.0 Å². The molecular formula is C24H32FN5O5S. The molecule has 1 aromatic carbocycles. The molecule has 10 nitrogen and oxygen atoms in total. The Balaban J connectivity index is 0.000000658. The van der Waals surface area contributed by atoms with Crippen LogP contribution in [0.15, 0.2) is 28.8 Å². The molecule has 2 N–H and O–H groups in total. The number of hydrogen-bond acceptors (Lipinski definition) is 8. The second-order valence-corrected chi connectivity index (χ2v) is 11.5. The van der Waals surface area contributed by atoms with Gasteiger partial charge in [-0.15, -0.1) is 0 Å². The third-order valence-electron chi connectivity index (χ3n) is 7.45. The van der Waals surface area contributed by atoms with Crippen molar-refractivity contribution in [3.8, 4) is 17.5 Å². The number of nitriles is 1. The first-order chi connectivity index (χ1) is 16.8. The molecule has 2 aliphatic rings. The quantitative estimate of drug-likeness (QED) is 0.566. The zero-order chi connectivity index (χ0) is 26.7. The monoisotopic (exact) mass is 521 g/mol. The number of likely N-dealkylation sites (tertiary alicyclic amines) is 1. The second kappa shape index (κ2) is 10.6. The average molecular weight is 522 g/mol. The first-order valence-electron chi connectivity index (χ1n) is 11.7. The normalized spacial score (nSPS) is 25.2. The molecule has 2 aromatic rings. The topological polar surface area (TPSA) is 149 Å². The molecule has 196 valence electrons. The van der Waals surface area contributed by atoms with E-state index >= 15 is 0 Å². The summed E-state index contributed by atoms with van der Waals surface area (Å²) in [5.41, 5.74) is 0.0789. The van der Waals surface area contributed by atoms with Crippen LogP contribution < -0.4 is 5.32 Å². The zero-order valence-electron chi connectivity index (χ0n) is 20.9. The van der Waals surface area contributed by atoms with Gasteiger partial charge in [0.15, 0.2) is 0 Å². The van der Waals surface area contributed by atoms with Crippen LogP contribution in [0.2, 0.25) is 0 Å². The molecule has 0 bridgehead atoms. The van der Waals surface area contributed by atoms with Crippen molar-refractivity contribution < 1.29 is 26.7 Å². The van der Waals surface area contributed by atoms with Gasteiger partial charge in [0.1, 0.15) is 11.9 Å². The largest absolute Gasteiger partial charge is 0.338 e.